The number of carbonyl (C=O) groups is 2. The van der Waals surface area contributed by atoms with Crippen LogP contribution in [0.2, 0.25) is 5.02 Å². The fraction of sp³-hybridized carbons (Fsp3) is 0.385. The van der Waals surface area contributed by atoms with E-state index in [0.29, 0.717) is 10.8 Å². The van der Waals surface area contributed by atoms with Crippen molar-refractivity contribution in [3.63, 3.8) is 0 Å². The molecular weight excluding hydrogens is 366 g/mol. The SMILES string of the molecule is O=C(O)[C@@H]1C[C@@H](O)CN1C(=O)COc1ccc(Br)cc1Cl. The number of aliphatic hydroxyl groups excluding tert-OH is 1. The zero-order valence-corrected chi connectivity index (χ0v) is 13.2. The molecule has 0 aromatic heterocycles. The summed E-state index contributed by atoms with van der Waals surface area (Å²) in [4.78, 5) is 24.2. The Hall–Kier alpha value is -1.31. The van der Waals surface area contributed by atoms with Crippen molar-refractivity contribution in [1.82, 2.24) is 4.90 Å². The van der Waals surface area contributed by atoms with Crippen molar-refractivity contribution in [1.29, 1.82) is 0 Å². The summed E-state index contributed by atoms with van der Waals surface area (Å²) in [6.07, 6.45) is -0.800. The lowest BCUT2D eigenvalue weighted by atomic mass is 10.2. The number of ether oxygens (including phenoxy) is 1. The lowest BCUT2D eigenvalue weighted by molar-refractivity contribution is -0.148. The third-order valence-electron chi connectivity index (χ3n) is 3.13. The van der Waals surface area contributed by atoms with Crippen molar-refractivity contribution >= 4 is 39.4 Å². The van der Waals surface area contributed by atoms with Gasteiger partial charge in [0.25, 0.3) is 5.91 Å². The lowest BCUT2D eigenvalue weighted by Crippen LogP contribution is -2.42. The summed E-state index contributed by atoms with van der Waals surface area (Å²) in [6, 6.07) is 3.93. The van der Waals surface area contributed by atoms with Crippen LogP contribution in [0.15, 0.2) is 22.7 Å². The van der Waals surface area contributed by atoms with E-state index in [2.05, 4.69) is 15.9 Å². The molecule has 1 aliphatic rings. The molecule has 2 N–H and O–H groups in total. The Morgan fingerprint density at radius 1 is 1.48 bits per heavy atom. The second-order valence-electron chi connectivity index (χ2n) is 4.65. The van der Waals surface area contributed by atoms with E-state index in [4.69, 9.17) is 21.4 Å². The van der Waals surface area contributed by atoms with Gasteiger partial charge in [-0.15, -0.1) is 0 Å². The molecule has 0 unspecified atom stereocenters. The third-order valence-corrected chi connectivity index (χ3v) is 3.92. The fourth-order valence-corrected chi connectivity index (χ4v) is 2.87. The maximum absolute atomic E-state index is 12.0. The normalized spacial score (nSPS) is 21.4. The highest BCUT2D eigenvalue weighted by atomic mass is 79.9. The third kappa shape index (κ3) is 3.87. The van der Waals surface area contributed by atoms with Crippen molar-refractivity contribution in [2.45, 2.75) is 18.6 Å². The van der Waals surface area contributed by atoms with Gasteiger partial charge in [0.05, 0.1) is 11.1 Å². The van der Waals surface area contributed by atoms with Gasteiger partial charge in [-0.05, 0) is 18.2 Å². The molecule has 1 amide bonds. The van der Waals surface area contributed by atoms with E-state index in [1.165, 1.54) is 0 Å². The van der Waals surface area contributed by atoms with Crippen molar-refractivity contribution in [3.05, 3.63) is 27.7 Å². The monoisotopic (exact) mass is 377 g/mol. The van der Waals surface area contributed by atoms with E-state index in [-0.39, 0.29) is 19.6 Å². The van der Waals surface area contributed by atoms with Crippen LogP contribution in [0.1, 0.15) is 6.42 Å². The Labute approximate surface area is 134 Å². The summed E-state index contributed by atoms with van der Waals surface area (Å²) in [6.45, 7) is -0.342. The van der Waals surface area contributed by atoms with Gasteiger partial charge in [-0.25, -0.2) is 4.79 Å². The summed E-state index contributed by atoms with van der Waals surface area (Å²) >= 11 is 9.21. The number of carboxylic acid groups (broad SMARTS) is 1. The molecule has 2 atom stereocenters. The number of amides is 1. The van der Waals surface area contributed by atoms with E-state index in [1.54, 1.807) is 18.2 Å². The van der Waals surface area contributed by atoms with Crippen molar-refractivity contribution in [2.24, 2.45) is 0 Å². The number of halogens is 2. The highest BCUT2D eigenvalue weighted by Crippen LogP contribution is 2.28. The van der Waals surface area contributed by atoms with Gasteiger partial charge in [-0.2, -0.15) is 0 Å². The molecule has 0 radical (unpaired) electrons. The number of aliphatic hydroxyl groups is 1. The molecule has 2 rings (SSSR count). The zero-order valence-electron chi connectivity index (χ0n) is 10.8. The van der Waals surface area contributed by atoms with Gasteiger partial charge in [-0.1, -0.05) is 27.5 Å². The molecule has 21 heavy (non-hydrogen) atoms. The van der Waals surface area contributed by atoms with Crippen molar-refractivity contribution < 1.29 is 24.5 Å². The first-order chi connectivity index (χ1) is 9.88. The summed E-state index contributed by atoms with van der Waals surface area (Å²) in [7, 11) is 0. The quantitative estimate of drug-likeness (QED) is 0.830. The molecule has 1 heterocycles. The zero-order chi connectivity index (χ0) is 15.6. The minimum atomic E-state index is -1.14. The molecule has 0 aliphatic carbocycles. The Morgan fingerprint density at radius 2 is 2.19 bits per heavy atom. The van der Waals surface area contributed by atoms with E-state index < -0.39 is 24.0 Å². The van der Waals surface area contributed by atoms with E-state index in [9.17, 15) is 14.7 Å². The Morgan fingerprint density at radius 3 is 2.81 bits per heavy atom. The Bertz CT molecular complexity index is 567. The molecular formula is C13H13BrClNO5. The maximum atomic E-state index is 12.0. The van der Waals surface area contributed by atoms with Crippen LogP contribution in [-0.2, 0) is 9.59 Å². The average molecular weight is 379 g/mol. The molecule has 1 aliphatic heterocycles. The minimum Gasteiger partial charge on any atom is -0.482 e. The van der Waals surface area contributed by atoms with Gasteiger partial charge >= 0.3 is 5.97 Å². The van der Waals surface area contributed by atoms with E-state index >= 15 is 0 Å². The topological polar surface area (TPSA) is 87.1 Å². The number of likely N-dealkylation sites (tertiary alicyclic amines) is 1. The Kier molecular flexibility index (Phi) is 5.08. The van der Waals surface area contributed by atoms with Crippen LogP contribution in [0.4, 0.5) is 0 Å². The molecule has 0 spiro atoms. The molecule has 1 saturated heterocycles. The molecule has 1 aromatic rings. The largest absolute Gasteiger partial charge is 0.482 e. The van der Waals surface area contributed by atoms with Gasteiger partial charge < -0.3 is 19.8 Å². The minimum absolute atomic E-state index is 0.00672. The molecule has 0 saturated carbocycles. The number of rotatable bonds is 4. The summed E-state index contributed by atoms with van der Waals surface area (Å²) in [5.41, 5.74) is 0. The van der Waals surface area contributed by atoms with Crippen LogP contribution in [0.5, 0.6) is 5.75 Å². The summed E-state index contributed by atoms with van der Waals surface area (Å²) < 4.78 is 6.09. The number of nitrogens with zero attached hydrogens (tertiary/aromatic N) is 1. The lowest BCUT2D eigenvalue weighted by Gasteiger charge is -2.21. The first kappa shape index (κ1) is 16.1. The predicted octanol–water partition coefficient (Wildman–Crippen LogP) is 1.53. The highest BCUT2D eigenvalue weighted by molar-refractivity contribution is 9.10. The number of hydrogen-bond donors (Lipinski definition) is 2. The number of carbonyl (C=O) groups excluding carboxylic acids is 1. The first-order valence-corrected chi connectivity index (χ1v) is 7.33. The first-order valence-electron chi connectivity index (χ1n) is 6.16. The highest BCUT2D eigenvalue weighted by Gasteiger charge is 2.38. The molecule has 114 valence electrons. The van der Waals surface area contributed by atoms with Crippen LogP contribution < -0.4 is 4.74 Å². The van der Waals surface area contributed by atoms with Crippen LogP contribution >= 0.6 is 27.5 Å². The van der Waals surface area contributed by atoms with E-state index in [0.717, 1.165) is 9.37 Å². The van der Waals surface area contributed by atoms with Gasteiger partial charge in [0.15, 0.2) is 6.61 Å². The molecule has 8 heteroatoms. The van der Waals surface area contributed by atoms with E-state index in [1.807, 2.05) is 0 Å². The molecule has 1 fully saturated rings. The number of aliphatic carboxylic acids is 1. The number of hydrogen-bond acceptors (Lipinski definition) is 4. The standard InChI is InChI=1S/C13H13BrClNO5/c14-7-1-2-11(9(15)3-7)21-6-12(18)16-5-8(17)4-10(16)13(19)20/h1-3,8,10,17H,4-6H2,(H,19,20)/t8-,10+/m1/s1. The van der Waals surface area contributed by atoms with Gasteiger partial charge in [0.2, 0.25) is 0 Å². The summed E-state index contributed by atoms with van der Waals surface area (Å²) in [5, 5.41) is 18.9. The van der Waals surface area contributed by atoms with Crippen LogP contribution in [-0.4, -0.2) is 52.3 Å². The van der Waals surface area contributed by atoms with Crippen molar-refractivity contribution in [2.75, 3.05) is 13.2 Å². The van der Waals surface area contributed by atoms with Gasteiger partial charge in [0.1, 0.15) is 11.8 Å². The molecule has 1 aromatic carbocycles. The number of benzene rings is 1. The second kappa shape index (κ2) is 6.64. The average Bonchev–Trinajstić information content (AvgIpc) is 2.80. The van der Waals surface area contributed by atoms with Crippen LogP contribution in [0.3, 0.4) is 0 Å². The number of carboxylic acids is 1. The fourth-order valence-electron chi connectivity index (χ4n) is 2.14. The van der Waals surface area contributed by atoms with Crippen molar-refractivity contribution in [3.8, 4) is 5.75 Å². The molecule has 0 bridgehead atoms. The molecule has 6 nitrogen and oxygen atoms in total. The predicted molar refractivity (Wildman–Crippen MR) is 78.4 cm³/mol. The van der Waals surface area contributed by atoms with Gasteiger partial charge in [0, 0.05) is 17.4 Å². The van der Waals surface area contributed by atoms with Crippen LogP contribution in [0, 0.1) is 0 Å². The smallest absolute Gasteiger partial charge is 0.326 e. The summed E-state index contributed by atoms with van der Waals surface area (Å²) in [5.74, 6) is -1.31. The second-order valence-corrected chi connectivity index (χ2v) is 5.98. The maximum Gasteiger partial charge on any atom is 0.326 e. The number of β-amino-alcohol motifs (C(OH)–C–C–N with tert-alkyl or cyclic N) is 1. The van der Waals surface area contributed by atoms with Crippen LogP contribution in [0.25, 0.3) is 0 Å². The van der Waals surface area contributed by atoms with Gasteiger partial charge in [-0.3, -0.25) is 4.79 Å². The Balaban J connectivity index is 1.99.